The van der Waals surface area contributed by atoms with Gasteiger partial charge in [-0.1, -0.05) is 12.2 Å². The molecule has 0 atom stereocenters. The van der Waals surface area contributed by atoms with Crippen LogP contribution in [-0.2, 0) is 0 Å². The van der Waals surface area contributed by atoms with Crippen molar-refractivity contribution in [2.45, 2.75) is 31.3 Å². The molecule has 64 valence electrons. The predicted molar refractivity (Wildman–Crippen MR) is 50.0 cm³/mol. The van der Waals surface area contributed by atoms with Crippen molar-refractivity contribution in [3.05, 3.63) is 25.3 Å². The molecular weight excluding hydrogens is 136 g/mol. The van der Waals surface area contributed by atoms with E-state index in [9.17, 15) is 0 Å². The van der Waals surface area contributed by atoms with E-state index in [1.54, 1.807) is 6.08 Å². The van der Waals surface area contributed by atoms with Crippen LogP contribution in [0.5, 0.6) is 0 Å². The fourth-order valence-electron chi connectivity index (χ4n) is 0.946. The van der Waals surface area contributed by atoms with E-state index < -0.39 is 5.66 Å². The second-order valence-electron chi connectivity index (χ2n) is 2.91. The van der Waals surface area contributed by atoms with Gasteiger partial charge in [0.2, 0.25) is 0 Å². The summed E-state index contributed by atoms with van der Waals surface area (Å²) in [5, 5.41) is 0. The maximum Gasteiger partial charge on any atom is 0.0671 e. The zero-order valence-corrected chi connectivity index (χ0v) is 7.05. The van der Waals surface area contributed by atoms with Gasteiger partial charge in [0.1, 0.15) is 0 Å². The molecule has 0 aliphatic carbocycles. The maximum absolute atomic E-state index is 5.74. The molecule has 0 rings (SSSR count). The molecule has 0 aromatic rings. The first-order valence-electron chi connectivity index (χ1n) is 3.92. The normalized spacial score (nSPS) is 11.1. The van der Waals surface area contributed by atoms with Crippen LogP contribution in [0, 0.1) is 0 Å². The first-order chi connectivity index (χ1) is 5.12. The van der Waals surface area contributed by atoms with Crippen molar-refractivity contribution in [2.24, 2.45) is 11.5 Å². The molecule has 2 heteroatoms. The summed E-state index contributed by atoms with van der Waals surface area (Å²) >= 11 is 0. The molecule has 0 spiro atoms. The van der Waals surface area contributed by atoms with Gasteiger partial charge in [-0.05, 0) is 25.7 Å². The Morgan fingerprint density at radius 1 is 1.18 bits per heavy atom. The lowest BCUT2D eigenvalue weighted by atomic mass is 10.0. The molecule has 0 heterocycles. The van der Waals surface area contributed by atoms with Gasteiger partial charge in [0.05, 0.1) is 5.66 Å². The third-order valence-corrected chi connectivity index (χ3v) is 1.57. The number of rotatable bonds is 6. The number of nitrogens with two attached hydrogens (primary N) is 2. The Kier molecular flexibility index (Phi) is 4.83. The van der Waals surface area contributed by atoms with E-state index in [0.29, 0.717) is 6.42 Å². The quantitative estimate of drug-likeness (QED) is 0.346. The van der Waals surface area contributed by atoms with Crippen molar-refractivity contribution >= 4 is 0 Å². The van der Waals surface area contributed by atoms with Gasteiger partial charge in [0.25, 0.3) is 0 Å². The molecule has 0 amide bonds. The highest BCUT2D eigenvalue weighted by atomic mass is 14.9. The molecule has 0 aliphatic rings. The number of hydrogen-bond acceptors (Lipinski definition) is 2. The lowest BCUT2D eigenvalue weighted by molar-refractivity contribution is 0.402. The minimum absolute atomic E-state index is 0.565. The van der Waals surface area contributed by atoms with Crippen molar-refractivity contribution in [2.75, 3.05) is 0 Å². The molecule has 11 heavy (non-hydrogen) atoms. The van der Waals surface area contributed by atoms with Crippen LogP contribution in [-0.4, -0.2) is 5.66 Å². The monoisotopic (exact) mass is 154 g/mol. The van der Waals surface area contributed by atoms with Crippen molar-refractivity contribution < 1.29 is 0 Å². The zero-order valence-electron chi connectivity index (χ0n) is 7.05. The first kappa shape index (κ1) is 10.4. The van der Waals surface area contributed by atoms with Gasteiger partial charge in [0, 0.05) is 0 Å². The molecular formula is C9H18N2. The Bertz CT molecular complexity index is 128. The van der Waals surface area contributed by atoms with Crippen LogP contribution >= 0.6 is 0 Å². The minimum atomic E-state index is -0.565. The molecule has 2 nitrogen and oxygen atoms in total. The Morgan fingerprint density at radius 3 is 2.27 bits per heavy atom. The molecule has 4 N–H and O–H groups in total. The third-order valence-electron chi connectivity index (χ3n) is 1.57. The summed E-state index contributed by atoms with van der Waals surface area (Å²) in [6, 6.07) is 0. The lowest BCUT2D eigenvalue weighted by Gasteiger charge is -2.22. The van der Waals surface area contributed by atoms with Gasteiger partial charge < -0.3 is 11.5 Å². The van der Waals surface area contributed by atoms with E-state index in [-0.39, 0.29) is 0 Å². The Hall–Kier alpha value is -0.600. The Labute approximate surface area is 69.0 Å². The predicted octanol–water partition coefficient (Wildman–Crippen LogP) is 1.53. The second-order valence-corrected chi connectivity index (χ2v) is 2.91. The summed E-state index contributed by atoms with van der Waals surface area (Å²) in [5.41, 5.74) is 10.9. The van der Waals surface area contributed by atoms with Gasteiger partial charge in [-0.25, -0.2) is 0 Å². The average molecular weight is 154 g/mol. The highest BCUT2D eigenvalue weighted by Crippen LogP contribution is 2.09. The van der Waals surface area contributed by atoms with Gasteiger partial charge in [-0.15, -0.1) is 13.2 Å². The number of hydrogen-bond donors (Lipinski definition) is 2. The SMILES string of the molecule is C=CCCCC(N)(N)CC=C. The van der Waals surface area contributed by atoms with E-state index in [1.807, 2.05) is 6.08 Å². The first-order valence-corrected chi connectivity index (χ1v) is 3.92. The molecule has 0 aromatic carbocycles. The fourth-order valence-corrected chi connectivity index (χ4v) is 0.946. The summed E-state index contributed by atoms with van der Waals surface area (Å²) < 4.78 is 0. The van der Waals surface area contributed by atoms with Crippen LogP contribution < -0.4 is 11.5 Å². The Balaban J connectivity index is 3.53. The topological polar surface area (TPSA) is 52.0 Å². The molecule has 0 bridgehead atoms. The Morgan fingerprint density at radius 2 is 1.82 bits per heavy atom. The second kappa shape index (κ2) is 5.10. The van der Waals surface area contributed by atoms with Gasteiger partial charge in [0.15, 0.2) is 0 Å². The summed E-state index contributed by atoms with van der Waals surface area (Å²) in [6.07, 6.45) is 7.12. The molecule has 0 aliphatic heterocycles. The van der Waals surface area contributed by atoms with E-state index in [2.05, 4.69) is 13.2 Å². The lowest BCUT2D eigenvalue weighted by Crippen LogP contribution is -2.48. The maximum atomic E-state index is 5.74. The van der Waals surface area contributed by atoms with Crippen LogP contribution in [0.2, 0.25) is 0 Å². The van der Waals surface area contributed by atoms with Crippen molar-refractivity contribution in [3.8, 4) is 0 Å². The summed E-state index contributed by atoms with van der Waals surface area (Å²) in [4.78, 5) is 0. The zero-order chi connectivity index (χ0) is 8.74. The number of allylic oxidation sites excluding steroid dienone is 1. The largest absolute Gasteiger partial charge is 0.313 e. The van der Waals surface area contributed by atoms with Crippen molar-refractivity contribution in [1.82, 2.24) is 0 Å². The smallest absolute Gasteiger partial charge is 0.0671 e. The van der Waals surface area contributed by atoms with Crippen LogP contribution in [0.4, 0.5) is 0 Å². The van der Waals surface area contributed by atoms with Crippen molar-refractivity contribution in [3.63, 3.8) is 0 Å². The molecule has 0 unspecified atom stereocenters. The molecule has 0 radical (unpaired) electrons. The molecule has 0 aromatic heterocycles. The van der Waals surface area contributed by atoms with Crippen LogP contribution in [0.1, 0.15) is 25.7 Å². The summed E-state index contributed by atoms with van der Waals surface area (Å²) in [6.45, 7) is 7.22. The minimum Gasteiger partial charge on any atom is -0.313 e. The van der Waals surface area contributed by atoms with Gasteiger partial charge in [-0.3, -0.25) is 0 Å². The van der Waals surface area contributed by atoms with Gasteiger partial charge in [-0.2, -0.15) is 0 Å². The fraction of sp³-hybridized carbons (Fsp3) is 0.556. The van der Waals surface area contributed by atoms with E-state index in [0.717, 1.165) is 19.3 Å². The highest BCUT2D eigenvalue weighted by Gasteiger charge is 2.15. The number of unbranched alkanes of at least 4 members (excludes halogenated alkanes) is 1. The van der Waals surface area contributed by atoms with E-state index in [1.165, 1.54) is 0 Å². The molecule has 0 saturated heterocycles. The van der Waals surface area contributed by atoms with Crippen LogP contribution in [0.3, 0.4) is 0 Å². The van der Waals surface area contributed by atoms with E-state index >= 15 is 0 Å². The van der Waals surface area contributed by atoms with Crippen LogP contribution in [0.15, 0.2) is 25.3 Å². The van der Waals surface area contributed by atoms with Crippen molar-refractivity contribution in [1.29, 1.82) is 0 Å². The summed E-state index contributed by atoms with van der Waals surface area (Å²) in [7, 11) is 0. The van der Waals surface area contributed by atoms with Crippen LogP contribution in [0.25, 0.3) is 0 Å². The highest BCUT2D eigenvalue weighted by molar-refractivity contribution is 4.86. The molecule has 0 saturated carbocycles. The van der Waals surface area contributed by atoms with Gasteiger partial charge >= 0.3 is 0 Å². The average Bonchev–Trinajstić information content (AvgIpc) is 1.87. The van der Waals surface area contributed by atoms with E-state index in [4.69, 9.17) is 11.5 Å². The standard InChI is InChI=1S/C9H18N2/c1-3-5-6-8-9(10,11)7-4-2/h3-4H,1-2,5-8,10-11H2. The summed E-state index contributed by atoms with van der Waals surface area (Å²) in [5.74, 6) is 0. The third kappa shape index (κ3) is 5.83. The molecule has 0 fully saturated rings.